The molecule has 1 saturated heterocycles. The summed E-state index contributed by atoms with van der Waals surface area (Å²) in [5, 5.41) is 0. The van der Waals surface area contributed by atoms with Gasteiger partial charge in [-0.15, -0.1) is 0 Å². The number of rotatable bonds is 2. The molecule has 2 fully saturated rings. The third-order valence-corrected chi connectivity index (χ3v) is 4.06. The third-order valence-electron chi connectivity index (χ3n) is 4.06. The van der Waals surface area contributed by atoms with Crippen LogP contribution in [0, 0.1) is 5.92 Å². The minimum atomic E-state index is 0.450. The van der Waals surface area contributed by atoms with E-state index in [4.69, 9.17) is 5.73 Å². The molecule has 2 atom stereocenters. The van der Waals surface area contributed by atoms with Crippen LogP contribution in [0.15, 0.2) is 0 Å². The second-order valence-electron chi connectivity index (χ2n) is 5.22. The van der Waals surface area contributed by atoms with Gasteiger partial charge in [0.2, 0.25) is 0 Å². The van der Waals surface area contributed by atoms with Crippen molar-refractivity contribution in [2.45, 2.75) is 57.5 Å². The molecule has 2 nitrogen and oxygen atoms in total. The van der Waals surface area contributed by atoms with Crippen LogP contribution in [0.4, 0.5) is 0 Å². The van der Waals surface area contributed by atoms with Gasteiger partial charge in [0, 0.05) is 12.3 Å². The molecule has 14 heavy (non-hydrogen) atoms. The zero-order valence-electron chi connectivity index (χ0n) is 9.30. The third kappa shape index (κ3) is 2.71. The molecule has 3 N–H and O–H groups in total. The minimum absolute atomic E-state index is 0.450. The fourth-order valence-corrected chi connectivity index (χ4v) is 3.12. The van der Waals surface area contributed by atoms with Gasteiger partial charge in [-0.05, 0) is 25.7 Å². The Bertz CT molecular complexity index is 164. The van der Waals surface area contributed by atoms with Gasteiger partial charge < -0.3 is 4.90 Å². The van der Waals surface area contributed by atoms with Crippen molar-refractivity contribution in [3.05, 3.63) is 0 Å². The Kier molecular flexibility index (Phi) is 3.82. The summed E-state index contributed by atoms with van der Waals surface area (Å²) in [6, 6.07) is 0. The second kappa shape index (κ2) is 5.13. The quantitative estimate of drug-likeness (QED) is 0.677. The summed E-state index contributed by atoms with van der Waals surface area (Å²) >= 11 is 0. The zero-order chi connectivity index (χ0) is 9.80. The van der Waals surface area contributed by atoms with Crippen LogP contribution in [0.5, 0.6) is 0 Å². The van der Waals surface area contributed by atoms with E-state index in [0.717, 1.165) is 5.92 Å². The molecule has 2 unspecified atom stereocenters. The molecule has 2 heteroatoms. The average Bonchev–Trinajstić information content (AvgIpc) is 2.23. The van der Waals surface area contributed by atoms with Crippen molar-refractivity contribution in [1.29, 1.82) is 0 Å². The van der Waals surface area contributed by atoms with E-state index >= 15 is 0 Å². The summed E-state index contributed by atoms with van der Waals surface area (Å²) in [6.45, 7) is 2.69. The van der Waals surface area contributed by atoms with E-state index in [2.05, 4.69) is 0 Å². The van der Waals surface area contributed by atoms with Crippen molar-refractivity contribution in [3.63, 3.8) is 0 Å². The first-order valence-corrected chi connectivity index (χ1v) is 6.46. The number of hydrogen-bond donors (Lipinski definition) is 2. The number of likely N-dealkylation sites (tertiary alicyclic amines) is 1. The number of hydrogen-bond acceptors (Lipinski definition) is 1. The summed E-state index contributed by atoms with van der Waals surface area (Å²) in [7, 11) is 0. The highest BCUT2D eigenvalue weighted by Crippen LogP contribution is 2.22. The van der Waals surface area contributed by atoms with E-state index in [1.165, 1.54) is 64.5 Å². The topological polar surface area (TPSA) is 30.5 Å². The Morgan fingerprint density at radius 1 is 0.929 bits per heavy atom. The molecule has 2 aliphatic rings. The van der Waals surface area contributed by atoms with Gasteiger partial charge in [-0.1, -0.05) is 19.3 Å². The van der Waals surface area contributed by atoms with E-state index < -0.39 is 0 Å². The van der Waals surface area contributed by atoms with Gasteiger partial charge in [-0.25, -0.2) is 0 Å². The van der Waals surface area contributed by atoms with Crippen molar-refractivity contribution in [3.8, 4) is 0 Å². The monoisotopic (exact) mass is 197 g/mol. The molecule has 0 aromatic heterocycles. The first-order chi connectivity index (χ1) is 6.86. The summed E-state index contributed by atoms with van der Waals surface area (Å²) in [5.41, 5.74) is 6.16. The van der Waals surface area contributed by atoms with Gasteiger partial charge in [0.05, 0.1) is 13.1 Å². The van der Waals surface area contributed by atoms with Crippen molar-refractivity contribution in [2.75, 3.05) is 13.1 Å². The van der Waals surface area contributed by atoms with E-state index in [1.807, 2.05) is 0 Å². The van der Waals surface area contributed by atoms with Gasteiger partial charge >= 0.3 is 0 Å². The van der Waals surface area contributed by atoms with Crippen LogP contribution in [0.2, 0.25) is 0 Å². The van der Waals surface area contributed by atoms with Crippen LogP contribution in [-0.4, -0.2) is 19.3 Å². The number of nitrogens with two attached hydrogens (primary N) is 1. The Morgan fingerprint density at radius 3 is 2.36 bits per heavy atom. The molecule has 0 radical (unpaired) electrons. The average molecular weight is 197 g/mol. The number of nitrogens with one attached hydrogen (secondary N) is 1. The fourth-order valence-electron chi connectivity index (χ4n) is 3.12. The predicted molar refractivity (Wildman–Crippen MR) is 59.1 cm³/mol. The van der Waals surface area contributed by atoms with Crippen molar-refractivity contribution >= 4 is 0 Å². The number of piperidine rings is 1. The van der Waals surface area contributed by atoms with Crippen LogP contribution in [0.3, 0.4) is 0 Å². The van der Waals surface area contributed by atoms with Gasteiger partial charge in [-0.3, -0.25) is 5.73 Å². The van der Waals surface area contributed by atoms with Gasteiger partial charge in [0.15, 0.2) is 0 Å². The first kappa shape index (κ1) is 10.4. The molecule has 82 valence electrons. The van der Waals surface area contributed by atoms with Crippen molar-refractivity contribution < 1.29 is 4.90 Å². The van der Waals surface area contributed by atoms with Crippen molar-refractivity contribution in [2.24, 2.45) is 11.7 Å². The fraction of sp³-hybridized carbons (Fsp3) is 1.00. The molecule has 1 aliphatic heterocycles. The lowest BCUT2D eigenvalue weighted by molar-refractivity contribution is -0.933. The maximum Gasteiger partial charge on any atom is 0.138 e. The van der Waals surface area contributed by atoms with Crippen molar-refractivity contribution in [1.82, 2.24) is 0 Å². The highest BCUT2D eigenvalue weighted by atomic mass is 15.2. The Morgan fingerprint density at radius 2 is 1.64 bits per heavy atom. The van der Waals surface area contributed by atoms with Crippen LogP contribution < -0.4 is 10.6 Å². The normalized spacial score (nSPS) is 35.8. The van der Waals surface area contributed by atoms with Gasteiger partial charge in [0.1, 0.15) is 6.17 Å². The van der Waals surface area contributed by atoms with E-state index in [0.29, 0.717) is 6.17 Å². The van der Waals surface area contributed by atoms with Gasteiger partial charge in [-0.2, -0.15) is 0 Å². The SMILES string of the molecule is NC1CCCC[NH+]1CC1CCCCC1. The Balaban J connectivity index is 1.76. The van der Waals surface area contributed by atoms with Crippen LogP contribution >= 0.6 is 0 Å². The van der Waals surface area contributed by atoms with E-state index in [-0.39, 0.29) is 0 Å². The summed E-state index contributed by atoms with van der Waals surface area (Å²) < 4.78 is 0. The first-order valence-electron chi connectivity index (χ1n) is 6.46. The lowest BCUT2D eigenvalue weighted by Crippen LogP contribution is -3.18. The highest BCUT2D eigenvalue weighted by molar-refractivity contribution is 4.65. The zero-order valence-corrected chi connectivity index (χ0v) is 9.30. The molecule has 1 saturated carbocycles. The van der Waals surface area contributed by atoms with Gasteiger partial charge in [0.25, 0.3) is 0 Å². The molecule has 0 aromatic carbocycles. The maximum absolute atomic E-state index is 6.16. The molecule has 1 heterocycles. The molecule has 1 aliphatic carbocycles. The standard InChI is InChI=1S/C12H24N2/c13-12-8-4-5-9-14(12)10-11-6-2-1-3-7-11/h11-12H,1-10,13H2/p+1. The van der Waals surface area contributed by atoms with E-state index in [1.54, 1.807) is 4.90 Å². The van der Waals surface area contributed by atoms with Crippen LogP contribution in [0.25, 0.3) is 0 Å². The molecule has 2 rings (SSSR count). The second-order valence-corrected chi connectivity index (χ2v) is 5.22. The minimum Gasteiger partial charge on any atom is -0.320 e. The molecular weight excluding hydrogens is 172 g/mol. The predicted octanol–water partition coefficient (Wildman–Crippen LogP) is 0.920. The smallest absolute Gasteiger partial charge is 0.138 e. The highest BCUT2D eigenvalue weighted by Gasteiger charge is 2.26. The summed E-state index contributed by atoms with van der Waals surface area (Å²) in [6.07, 6.45) is 11.8. The lowest BCUT2D eigenvalue weighted by atomic mass is 9.88. The Hall–Kier alpha value is -0.0800. The lowest BCUT2D eigenvalue weighted by Gasteiger charge is -2.33. The Labute approximate surface area is 87.8 Å². The summed E-state index contributed by atoms with van der Waals surface area (Å²) in [5.74, 6) is 0.989. The molecule has 0 amide bonds. The van der Waals surface area contributed by atoms with Crippen LogP contribution in [0.1, 0.15) is 51.4 Å². The summed E-state index contributed by atoms with van der Waals surface area (Å²) in [4.78, 5) is 1.70. The number of quaternary nitrogens is 1. The largest absolute Gasteiger partial charge is 0.320 e. The van der Waals surface area contributed by atoms with E-state index in [9.17, 15) is 0 Å². The molecule has 0 aromatic rings. The maximum atomic E-state index is 6.16. The molecule has 0 bridgehead atoms. The van der Waals surface area contributed by atoms with Crippen LogP contribution in [-0.2, 0) is 0 Å². The molecule has 0 spiro atoms. The molecular formula is C12H25N2+.